The van der Waals surface area contributed by atoms with Crippen LogP contribution in [0, 0.1) is 6.92 Å². The van der Waals surface area contributed by atoms with Gasteiger partial charge >= 0.3 is 0 Å². The van der Waals surface area contributed by atoms with E-state index in [1.807, 2.05) is 13.0 Å². The minimum atomic E-state index is -0.166. The fraction of sp³-hybridized carbons (Fsp3) is 0.0909. The summed E-state index contributed by atoms with van der Waals surface area (Å²) in [6, 6.07) is 5.18. The van der Waals surface area contributed by atoms with Crippen molar-refractivity contribution in [3.05, 3.63) is 34.2 Å². The van der Waals surface area contributed by atoms with Crippen LogP contribution in [0.5, 0.6) is 5.75 Å². The van der Waals surface area contributed by atoms with Gasteiger partial charge in [0.25, 0.3) is 5.91 Å². The molecule has 3 nitrogen and oxygen atoms in total. The molecule has 1 aromatic carbocycles. The molecule has 0 bridgehead atoms. The summed E-state index contributed by atoms with van der Waals surface area (Å²) in [5.74, 6) is 0.0851. The van der Waals surface area contributed by atoms with Gasteiger partial charge in [-0.2, -0.15) is 0 Å². The predicted molar refractivity (Wildman–Crippen MR) is 69.2 cm³/mol. The number of carbonyl (C=O) groups is 1. The van der Waals surface area contributed by atoms with E-state index in [1.54, 1.807) is 18.2 Å². The van der Waals surface area contributed by atoms with Crippen LogP contribution in [0.25, 0.3) is 6.08 Å². The zero-order valence-corrected chi connectivity index (χ0v) is 10.1. The molecule has 0 aromatic heterocycles. The van der Waals surface area contributed by atoms with E-state index >= 15 is 0 Å². The SMILES string of the molecule is Cc1cc(/C=C2/SC(=S)NC2=O)ccc1O. The van der Waals surface area contributed by atoms with Crippen LogP contribution >= 0.6 is 24.0 Å². The second-order valence-corrected chi connectivity index (χ2v) is 5.12. The van der Waals surface area contributed by atoms with Gasteiger partial charge in [0.2, 0.25) is 0 Å². The van der Waals surface area contributed by atoms with Crippen LogP contribution in [0.1, 0.15) is 11.1 Å². The molecule has 16 heavy (non-hydrogen) atoms. The van der Waals surface area contributed by atoms with Crippen LogP contribution in [0.4, 0.5) is 0 Å². The molecular formula is C11H9NO2S2. The Balaban J connectivity index is 2.32. The number of phenols is 1. The van der Waals surface area contributed by atoms with Crippen LogP contribution in [-0.2, 0) is 4.79 Å². The lowest BCUT2D eigenvalue weighted by molar-refractivity contribution is -0.115. The van der Waals surface area contributed by atoms with Crippen LogP contribution < -0.4 is 5.32 Å². The quantitative estimate of drug-likeness (QED) is 0.593. The van der Waals surface area contributed by atoms with E-state index in [2.05, 4.69) is 5.32 Å². The van der Waals surface area contributed by atoms with Crippen molar-refractivity contribution in [2.75, 3.05) is 0 Å². The summed E-state index contributed by atoms with van der Waals surface area (Å²) in [7, 11) is 0. The molecule has 82 valence electrons. The summed E-state index contributed by atoms with van der Waals surface area (Å²) in [4.78, 5) is 12.0. The Morgan fingerprint density at radius 1 is 1.50 bits per heavy atom. The van der Waals surface area contributed by atoms with E-state index in [-0.39, 0.29) is 11.7 Å². The lowest BCUT2D eigenvalue weighted by atomic mass is 10.1. The number of rotatable bonds is 1. The van der Waals surface area contributed by atoms with Crippen LogP contribution in [0.3, 0.4) is 0 Å². The fourth-order valence-electron chi connectivity index (χ4n) is 1.34. The number of amides is 1. The lowest BCUT2D eigenvalue weighted by Gasteiger charge is -2.00. The monoisotopic (exact) mass is 251 g/mol. The Labute approximate surface area is 103 Å². The molecule has 1 aliphatic rings. The Kier molecular flexibility index (Phi) is 2.98. The van der Waals surface area contributed by atoms with Gasteiger partial charge in [-0.3, -0.25) is 4.79 Å². The Hall–Kier alpha value is -1.33. The second kappa shape index (κ2) is 4.27. The second-order valence-electron chi connectivity index (χ2n) is 3.40. The highest BCUT2D eigenvalue weighted by atomic mass is 32.2. The molecule has 1 aromatic rings. The third-order valence-corrected chi connectivity index (χ3v) is 3.32. The molecule has 0 unspecified atom stereocenters. The number of carbonyl (C=O) groups excluding carboxylic acids is 1. The van der Waals surface area contributed by atoms with Gasteiger partial charge in [-0.25, -0.2) is 0 Å². The number of benzene rings is 1. The molecule has 0 atom stereocenters. The molecule has 1 heterocycles. The number of hydrogen-bond acceptors (Lipinski definition) is 4. The highest BCUT2D eigenvalue weighted by Gasteiger charge is 2.21. The van der Waals surface area contributed by atoms with Crippen molar-refractivity contribution in [2.24, 2.45) is 0 Å². The van der Waals surface area contributed by atoms with Gasteiger partial charge in [0, 0.05) is 0 Å². The predicted octanol–water partition coefficient (Wildman–Crippen LogP) is 2.19. The summed E-state index contributed by atoms with van der Waals surface area (Å²) < 4.78 is 0.478. The zero-order valence-electron chi connectivity index (χ0n) is 8.48. The maximum atomic E-state index is 11.4. The van der Waals surface area contributed by atoms with Gasteiger partial charge in [0.05, 0.1) is 4.91 Å². The first-order chi connectivity index (χ1) is 7.56. The molecule has 0 radical (unpaired) electrons. The highest BCUT2D eigenvalue weighted by Crippen LogP contribution is 2.27. The summed E-state index contributed by atoms with van der Waals surface area (Å²) in [6.45, 7) is 1.81. The maximum absolute atomic E-state index is 11.4. The van der Waals surface area contributed by atoms with E-state index in [4.69, 9.17) is 12.2 Å². The van der Waals surface area contributed by atoms with E-state index in [1.165, 1.54) is 11.8 Å². The zero-order chi connectivity index (χ0) is 11.7. The number of aryl methyl sites for hydroxylation is 1. The van der Waals surface area contributed by atoms with Gasteiger partial charge < -0.3 is 10.4 Å². The smallest absolute Gasteiger partial charge is 0.263 e. The first-order valence-corrected chi connectivity index (χ1v) is 5.83. The molecule has 1 amide bonds. The number of thiocarbonyl (C=S) groups is 1. The molecule has 1 saturated heterocycles. The van der Waals surface area contributed by atoms with Gasteiger partial charge in [-0.1, -0.05) is 30.0 Å². The maximum Gasteiger partial charge on any atom is 0.263 e. The minimum Gasteiger partial charge on any atom is -0.508 e. The van der Waals surface area contributed by atoms with Crippen molar-refractivity contribution in [3.8, 4) is 5.75 Å². The van der Waals surface area contributed by atoms with Crippen LogP contribution in [0.15, 0.2) is 23.1 Å². The summed E-state index contributed by atoms with van der Waals surface area (Å²) in [5, 5.41) is 11.9. The molecule has 0 saturated carbocycles. The summed E-state index contributed by atoms with van der Waals surface area (Å²) in [5.41, 5.74) is 1.65. The fourth-order valence-corrected chi connectivity index (χ4v) is 2.39. The first kappa shape index (κ1) is 11.2. The van der Waals surface area contributed by atoms with Crippen molar-refractivity contribution in [1.82, 2.24) is 5.32 Å². The Bertz CT molecular complexity index is 509. The number of thioether (sulfide) groups is 1. The van der Waals surface area contributed by atoms with Crippen LogP contribution in [-0.4, -0.2) is 15.3 Å². The molecule has 5 heteroatoms. The van der Waals surface area contributed by atoms with E-state index < -0.39 is 0 Å². The molecule has 0 spiro atoms. The first-order valence-electron chi connectivity index (χ1n) is 4.61. The highest BCUT2D eigenvalue weighted by molar-refractivity contribution is 8.26. The standard InChI is InChI=1S/C11H9NO2S2/c1-6-4-7(2-3-8(6)13)5-9-10(14)12-11(15)16-9/h2-5,13H,1H3,(H,12,14,15)/b9-5+. The number of hydrogen-bond donors (Lipinski definition) is 2. The van der Waals surface area contributed by atoms with Gasteiger partial charge in [0.15, 0.2) is 0 Å². The molecule has 2 rings (SSSR count). The molecule has 1 fully saturated rings. The molecule has 0 aliphatic carbocycles. The van der Waals surface area contributed by atoms with E-state index in [0.717, 1.165) is 11.1 Å². The number of aromatic hydroxyl groups is 1. The van der Waals surface area contributed by atoms with E-state index in [0.29, 0.717) is 9.23 Å². The molecule has 2 N–H and O–H groups in total. The van der Waals surface area contributed by atoms with Crippen molar-refractivity contribution in [2.45, 2.75) is 6.92 Å². The van der Waals surface area contributed by atoms with Crippen molar-refractivity contribution in [1.29, 1.82) is 0 Å². The molecular weight excluding hydrogens is 242 g/mol. The summed E-state index contributed by atoms with van der Waals surface area (Å²) in [6.07, 6.45) is 1.76. The topological polar surface area (TPSA) is 49.3 Å². The average Bonchev–Trinajstić information content (AvgIpc) is 2.51. The third-order valence-electron chi connectivity index (χ3n) is 2.16. The molecule has 1 aliphatic heterocycles. The average molecular weight is 251 g/mol. The van der Waals surface area contributed by atoms with Crippen molar-refractivity contribution >= 4 is 40.3 Å². The van der Waals surface area contributed by atoms with Crippen LogP contribution in [0.2, 0.25) is 0 Å². The number of phenolic OH excluding ortho intramolecular Hbond substituents is 1. The van der Waals surface area contributed by atoms with Crippen molar-refractivity contribution < 1.29 is 9.90 Å². The number of nitrogens with one attached hydrogen (secondary N) is 1. The largest absolute Gasteiger partial charge is 0.508 e. The van der Waals surface area contributed by atoms with Gasteiger partial charge in [0.1, 0.15) is 10.1 Å². The minimum absolute atomic E-state index is 0.166. The Morgan fingerprint density at radius 2 is 2.25 bits per heavy atom. The Morgan fingerprint density at radius 3 is 2.81 bits per heavy atom. The lowest BCUT2D eigenvalue weighted by Crippen LogP contribution is -2.17. The van der Waals surface area contributed by atoms with E-state index in [9.17, 15) is 9.90 Å². The summed E-state index contributed by atoms with van der Waals surface area (Å²) >= 11 is 6.13. The van der Waals surface area contributed by atoms with Gasteiger partial charge in [-0.05, 0) is 36.3 Å². The third kappa shape index (κ3) is 2.25. The van der Waals surface area contributed by atoms with Gasteiger partial charge in [-0.15, -0.1) is 0 Å². The van der Waals surface area contributed by atoms with Crippen molar-refractivity contribution in [3.63, 3.8) is 0 Å². The normalized spacial score (nSPS) is 17.9.